The summed E-state index contributed by atoms with van der Waals surface area (Å²) in [5.41, 5.74) is 4.21. The molecule has 0 saturated carbocycles. The van der Waals surface area contributed by atoms with E-state index in [1.807, 2.05) is 18.2 Å². The lowest BCUT2D eigenvalue weighted by Crippen LogP contribution is -2.45. The first kappa shape index (κ1) is 20.9. The number of esters is 1. The number of amides is 2. The molecule has 0 unspecified atom stereocenters. The molecule has 1 heterocycles. The summed E-state index contributed by atoms with van der Waals surface area (Å²) >= 11 is 0. The third-order valence-electron chi connectivity index (χ3n) is 4.48. The molecule has 9 heteroatoms. The predicted octanol–water partition coefficient (Wildman–Crippen LogP) is 0.480. The van der Waals surface area contributed by atoms with Crippen molar-refractivity contribution in [1.82, 2.24) is 10.9 Å². The summed E-state index contributed by atoms with van der Waals surface area (Å²) in [6, 6.07) is 9.04. The van der Waals surface area contributed by atoms with E-state index in [0.717, 1.165) is 5.56 Å². The van der Waals surface area contributed by atoms with Crippen molar-refractivity contribution in [2.24, 2.45) is 5.92 Å². The minimum atomic E-state index is -3.05. The van der Waals surface area contributed by atoms with E-state index in [1.54, 1.807) is 26.0 Å². The Morgan fingerprint density at radius 2 is 1.74 bits per heavy atom. The Labute approximate surface area is 158 Å². The molecule has 1 saturated heterocycles. The van der Waals surface area contributed by atoms with Gasteiger partial charge in [-0.1, -0.05) is 30.3 Å². The largest absolute Gasteiger partial charge is 0.455 e. The Kier molecular flexibility index (Phi) is 6.59. The van der Waals surface area contributed by atoms with Gasteiger partial charge in [-0.25, -0.2) is 8.42 Å². The van der Waals surface area contributed by atoms with Crippen molar-refractivity contribution in [3.63, 3.8) is 0 Å². The van der Waals surface area contributed by atoms with E-state index in [2.05, 4.69) is 10.9 Å². The Morgan fingerprint density at radius 3 is 2.33 bits per heavy atom. The van der Waals surface area contributed by atoms with Crippen LogP contribution in [0.15, 0.2) is 30.3 Å². The highest BCUT2D eigenvalue weighted by molar-refractivity contribution is 7.91. The van der Waals surface area contributed by atoms with Crippen LogP contribution in [0, 0.1) is 5.92 Å². The molecule has 0 spiro atoms. The standard InChI is InChI=1S/C18H24N2O6S/c1-18(2,14-6-4-3-5-7-14)17(23)26-11-16(22)20-19-15(21)10-13-8-9-27(24,25)12-13/h3-7,13H,8-12H2,1-2H3,(H,19,21)(H,20,22)/t13-/m1/s1. The molecule has 1 aliphatic heterocycles. The molecule has 1 atom stereocenters. The van der Waals surface area contributed by atoms with E-state index in [4.69, 9.17) is 4.74 Å². The molecule has 27 heavy (non-hydrogen) atoms. The minimum absolute atomic E-state index is 0.0133. The molecular formula is C18H24N2O6S. The Bertz CT molecular complexity index is 804. The van der Waals surface area contributed by atoms with E-state index < -0.39 is 39.6 Å². The van der Waals surface area contributed by atoms with E-state index in [9.17, 15) is 22.8 Å². The maximum atomic E-state index is 12.3. The average molecular weight is 396 g/mol. The molecule has 0 radical (unpaired) electrons. The normalized spacial score (nSPS) is 18.5. The van der Waals surface area contributed by atoms with E-state index in [-0.39, 0.29) is 23.8 Å². The number of rotatable bonds is 6. The van der Waals surface area contributed by atoms with Gasteiger partial charge in [-0.15, -0.1) is 0 Å². The molecule has 1 aromatic carbocycles. The quantitative estimate of drug-likeness (QED) is 0.533. The first-order chi connectivity index (χ1) is 12.6. The molecule has 1 aromatic rings. The van der Waals surface area contributed by atoms with Crippen LogP contribution >= 0.6 is 0 Å². The van der Waals surface area contributed by atoms with Gasteiger partial charge in [0.2, 0.25) is 5.91 Å². The molecular weight excluding hydrogens is 372 g/mol. The number of hydrogen-bond acceptors (Lipinski definition) is 6. The van der Waals surface area contributed by atoms with Gasteiger partial charge in [-0.3, -0.25) is 25.2 Å². The number of sulfone groups is 1. The second-order valence-corrected chi connectivity index (χ2v) is 9.37. The van der Waals surface area contributed by atoms with E-state index in [0.29, 0.717) is 6.42 Å². The molecule has 0 aromatic heterocycles. The lowest BCUT2D eigenvalue weighted by Gasteiger charge is -2.22. The minimum Gasteiger partial charge on any atom is -0.455 e. The van der Waals surface area contributed by atoms with Gasteiger partial charge in [0.05, 0.1) is 16.9 Å². The van der Waals surface area contributed by atoms with Crippen LogP contribution in [0.1, 0.15) is 32.3 Å². The van der Waals surface area contributed by atoms with Crippen molar-refractivity contribution in [3.8, 4) is 0 Å². The third kappa shape index (κ3) is 6.06. The summed E-state index contributed by atoms with van der Waals surface area (Å²) in [4.78, 5) is 35.8. The van der Waals surface area contributed by atoms with Crippen LogP contribution in [-0.2, 0) is 34.4 Å². The fourth-order valence-electron chi connectivity index (χ4n) is 2.81. The Hall–Kier alpha value is -2.42. The maximum absolute atomic E-state index is 12.3. The molecule has 8 nitrogen and oxygen atoms in total. The summed E-state index contributed by atoms with van der Waals surface area (Å²) in [6.07, 6.45) is 0.455. The van der Waals surface area contributed by atoms with Crippen molar-refractivity contribution in [3.05, 3.63) is 35.9 Å². The lowest BCUT2D eigenvalue weighted by atomic mass is 9.85. The zero-order valence-corrected chi connectivity index (χ0v) is 16.2. The van der Waals surface area contributed by atoms with Gasteiger partial charge in [0.15, 0.2) is 16.4 Å². The van der Waals surface area contributed by atoms with Crippen LogP contribution < -0.4 is 10.9 Å². The Morgan fingerprint density at radius 1 is 1.11 bits per heavy atom. The third-order valence-corrected chi connectivity index (χ3v) is 6.32. The first-order valence-electron chi connectivity index (χ1n) is 8.61. The summed E-state index contributed by atoms with van der Waals surface area (Å²) in [7, 11) is -3.05. The van der Waals surface area contributed by atoms with Gasteiger partial charge >= 0.3 is 5.97 Å². The van der Waals surface area contributed by atoms with Crippen molar-refractivity contribution in [2.75, 3.05) is 18.1 Å². The van der Waals surface area contributed by atoms with Crippen LogP contribution in [0.5, 0.6) is 0 Å². The highest BCUT2D eigenvalue weighted by Gasteiger charge is 2.32. The summed E-state index contributed by atoms with van der Waals surface area (Å²) in [5, 5.41) is 0. The average Bonchev–Trinajstić information content (AvgIpc) is 2.96. The molecule has 2 N–H and O–H groups in total. The summed E-state index contributed by atoms with van der Waals surface area (Å²) < 4.78 is 27.8. The van der Waals surface area contributed by atoms with Crippen LogP contribution in [0.3, 0.4) is 0 Å². The fourth-order valence-corrected chi connectivity index (χ4v) is 4.67. The van der Waals surface area contributed by atoms with Gasteiger partial charge in [0, 0.05) is 6.42 Å². The number of benzene rings is 1. The van der Waals surface area contributed by atoms with Crippen LogP contribution in [0.4, 0.5) is 0 Å². The molecule has 1 fully saturated rings. The number of hydrazine groups is 1. The van der Waals surface area contributed by atoms with Crippen LogP contribution in [-0.4, -0.2) is 44.3 Å². The van der Waals surface area contributed by atoms with Crippen LogP contribution in [0.25, 0.3) is 0 Å². The van der Waals surface area contributed by atoms with Gasteiger partial charge in [-0.2, -0.15) is 0 Å². The van der Waals surface area contributed by atoms with Crippen molar-refractivity contribution >= 4 is 27.6 Å². The van der Waals surface area contributed by atoms with Gasteiger partial charge < -0.3 is 4.74 Å². The summed E-state index contributed by atoms with van der Waals surface area (Å²) in [5.74, 6) is -1.89. The number of carbonyl (C=O) groups excluding carboxylic acids is 3. The highest BCUT2D eigenvalue weighted by Crippen LogP contribution is 2.24. The van der Waals surface area contributed by atoms with E-state index >= 15 is 0 Å². The number of nitrogens with one attached hydrogen (secondary N) is 2. The molecule has 1 aliphatic rings. The smallest absolute Gasteiger partial charge is 0.316 e. The van der Waals surface area contributed by atoms with Crippen molar-refractivity contribution in [2.45, 2.75) is 32.1 Å². The predicted molar refractivity (Wildman–Crippen MR) is 98.1 cm³/mol. The Balaban J connectivity index is 1.73. The van der Waals surface area contributed by atoms with Crippen molar-refractivity contribution < 1.29 is 27.5 Å². The topological polar surface area (TPSA) is 119 Å². The molecule has 2 amide bonds. The van der Waals surface area contributed by atoms with E-state index in [1.165, 1.54) is 0 Å². The van der Waals surface area contributed by atoms with Gasteiger partial charge in [0.1, 0.15) is 0 Å². The fraction of sp³-hybridized carbons (Fsp3) is 0.500. The second-order valence-electron chi connectivity index (χ2n) is 7.14. The van der Waals surface area contributed by atoms with Gasteiger partial charge in [-0.05, 0) is 31.7 Å². The molecule has 0 bridgehead atoms. The SMILES string of the molecule is CC(C)(C(=O)OCC(=O)NNC(=O)C[C@H]1CCS(=O)(=O)C1)c1ccccc1. The number of ether oxygens (including phenoxy) is 1. The van der Waals surface area contributed by atoms with Gasteiger partial charge in [0.25, 0.3) is 5.91 Å². The zero-order valence-electron chi connectivity index (χ0n) is 15.4. The molecule has 0 aliphatic carbocycles. The molecule has 148 valence electrons. The number of carbonyl (C=O) groups is 3. The molecule has 2 rings (SSSR count). The van der Waals surface area contributed by atoms with Crippen LogP contribution in [0.2, 0.25) is 0 Å². The number of hydrogen-bond donors (Lipinski definition) is 2. The second kappa shape index (κ2) is 8.51. The zero-order chi connectivity index (χ0) is 20.1. The lowest BCUT2D eigenvalue weighted by molar-refractivity contribution is -0.153. The summed E-state index contributed by atoms with van der Waals surface area (Å²) in [6.45, 7) is 2.85. The van der Waals surface area contributed by atoms with Crippen molar-refractivity contribution in [1.29, 1.82) is 0 Å². The monoisotopic (exact) mass is 396 g/mol. The first-order valence-corrected chi connectivity index (χ1v) is 10.4. The maximum Gasteiger partial charge on any atom is 0.316 e. The highest BCUT2D eigenvalue weighted by atomic mass is 32.2.